The van der Waals surface area contributed by atoms with Gasteiger partial charge in [-0.05, 0) is 190 Å². The van der Waals surface area contributed by atoms with E-state index in [9.17, 15) is 0 Å². The highest BCUT2D eigenvalue weighted by Gasteiger charge is 2.38. The summed E-state index contributed by atoms with van der Waals surface area (Å²) in [6, 6.07) is 0. The third kappa shape index (κ3) is 24.4. The monoisotopic (exact) mass is 1120 g/mol. The maximum absolute atomic E-state index is 7.80. The van der Waals surface area contributed by atoms with E-state index in [2.05, 4.69) is 41.7 Å². The molecule has 2 N–H and O–H groups in total. The van der Waals surface area contributed by atoms with Crippen LogP contribution in [0.3, 0.4) is 0 Å². The van der Waals surface area contributed by atoms with Crippen molar-refractivity contribution in [3.05, 3.63) is 0 Å². The van der Waals surface area contributed by atoms with E-state index in [1.807, 2.05) is 142 Å². The van der Waals surface area contributed by atoms with Crippen LogP contribution in [-0.2, 0) is 0 Å². The van der Waals surface area contributed by atoms with E-state index in [0.29, 0.717) is 0 Å². The lowest BCUT2D eigenvalue weighted by Gasteiger charge is -2.41. The molecule has 0 saturated carbocycles. The van der Waals surface area contributed by atoms with Crippen LogP contribution in [0.4, 0.5) is 0 Å². The van der Waals surface area contributed by atoms with Gasteiger partial charge in [0.15, 0.2) is 16.4 Å². The van der Waals surface area contributed by atoms with Crippen molar-refractivity contribution in [2.24, 2.45) is 46.3 Å². The van der Waals surface area contributed by atoms with Gasteiger partial charge in [-0.15, -0.1) is 9.77 Å². The molecule has 0 aromatic carbocycles. The molecule has 0 saturated heterocycles. The van der Waals surface area contributed by atoms with E-state index in [1.54, 1.807) is 0 Å². The first kappa shape index (κ1) is 63.8. The number of hydrogen-bond acceptors (Lipinski definition) is 12. The Hall–Kier alpha value is 4.17. The highest BCUT2D eigenvalue weighted by Crippen LogP contribution is 2.89. The zero-order valence-electron chi connectivity index (χ0n) is 32.6. The molecule has 0 fully saturated rings. The van der Waals surface area contributed by atoms with Gasteiger partial charge in [0.05, 0.1) is 7.36 Å². The molecule has 2 aliphatic rings. The van der Waals surface area contributed by atoms with Gasteiger partial charge in [0.25, 0.3) is 30.4 Å². The minimum atomic E-state index is -3.29. The lowest BCUT2D eigenvalue weighted by Crippen LogP contribution is -2.30. The number of rotatable bonds is 9. The summed E-state index contributed by atoms with van der Waals surface area (Å²) in [7, 11) is 14.5. The summed E-state index contributed by atoms with van der Waals surface area (Å²) < 4.78 is 38.2. The quantitative estimate of drug-likeness (QED) is 0.171. The zero-order chi connectivity index (χ0) is 43.7. The van der Waals surface area contributed by atoms with Crippen molar-refractivity contribution in [3.8, 4) is 0 Å². The molecule has 0 aromatic heterocycles. The van der Waals surface area contributed by atoms with Crippen LogP contribution in [0, 0.1) is 10.7 Å². The fourth-order valence-electron chi connectivity index (χ4n) is 2.91. The third-order valence-corrected chi connectivity index (χ3v) is 37.5. The molecule has 2 aliphatic heterocycles. The first-order valence-corrected chi connectivity index (χ1v) is 38.5. The van der Waals surface area contributed by atoms with Gasteiger partial charge in [0.2, 0.25) is 0 Å². The molecule has 0 amide bonds. The Kier molecular flexibility index (Phi) is 33.7. The average molecular weight is 1130 g/mol. The van der Waals surface area contributed by atoms with Gasteiger partial charge in [0.1, 0.15) is 0 Å². The molecular weight excluding hydrogens is 1080 g/mol. The number of nitrogens with zero attached hydrogens (tertiary/aromatic N) is 15. The summed E-state index contributed by atoms with van der Waals surface area (Å²) >= 11 is 59.5. The molecule has 0 aliphatic carbocycles. The first-order chi connectivity index (χ1) is 23.7. The summed E-state index contributed by atoms with van der Waals surface area (Å²) in [5.41, 5.74) is 6.78. The Morgan fingerprint density at radius 1 is 0.491 bits per heavy atom. The fourth-order valence-corrected chi connectivity index (χ4v) is 43.9. The zero-order valence-corrected chi connectivity index (χ0v) is 48.3. The van der Waals surface area contributed by atoms with Gasteiger partial charge in [-0.3, -0.25) is 28.5 Å². The van der Waals surface area contributed by atoms with Crippen molar-refractivity contribution in [2.45, 2.75) is 41.5 Å². The molecule has 0 aromatic rings. The molecule has 0 bridgehead atoms. The highest BCUT2D eigenvalue weighted by molar-refractivity contribution is 8.26. The van der Waals surface area contributed by atoms with Crippen molar-refractivity contribution in [1.29, 1.82) is 10.7 Å². The molecule has 17 nitrogen and oxygen atoms in total. The second-order valence-electron chi connectivity index (χ2n) is 9.53. The Morgan fingerprint density at radius 3 is 1.04 bits per heavy atom. The maximum atomic E-state index is 7.80. The summed E-state index contributed by atoms with van der Waals surface area (Å²) in [4.78, 5) is 10.7. The SMILES string of the molecule is CC.CC.CC.CN(C)P(=NP1(Cl)=NP(Cl)(N=NPN=N)=NP(Cl)(Cl)=N1)(N(C)C)N(C)C.CN(C)P(C)(=N)N(C)C.ClP1(Cl)=NP(Cl)(Cl)=NP(Cl)(Cl)=N1. The fraction of sp³-hybridized carbons (Fsp3) is 1.00. The van der Waals surface area contributed by atoms with E-state index in [-0.39, 0.29) is 0 Å². The standard InChI is InChI=1S/C6H20Cl4N11P5.C5H16N3P.3C2H6.Cl6N3P3/c1-19(2)26(20(3)4,21(5)6)18-25(10)16-23(7,8)15-24(9,17-25)14-13-22-12-11;1-7(2)9(5,6)8(3)4;3*1-2;1-10(2)7-11(3,4)9-12(5,6)8-10/h11,22H,1-6H3;6H,1-5H3;3*1-2H3;. The van der Waals surface area contributed by atoms with Crippen molar-refractivity contribution in [1.82, 2.24) is 23.4 Å². The van der Waals surface area contributed by atoms with E-state index >= 15 is 0 Å². The van der Waals surface area contributed by atoms with Crippen LogP contribution in [-0.4, -0.2) is 100 Å². The predicted octanol–water partition coefficient (Wildman–Crippen LogP) is 20.1. The van der Waals surface area contributed by atoms with Crippen LogP contribution in [0.15, 0.2) is 46.3 Å². The van der Waals surface area contributed by atoms with Gasteiger partial charge in [-0.1, -0.05) is 41.5 Å². The minimum Gasteiger partial charge on any atom is -0.290 e. The van der Waals surface area contributed by atoms with Gasteiger partial charge in [-0.2, -0.15) is 36.5 Å². The summed E-state index contributed by atoms with van der Waals surface area (Å²) in [6.07, 6.45) is 0. The van der Waals surface area contributed by atoms with Crippen LogP contribution in [0.25, 0.3) is 0 Å². The van der Waals surface area contributed by atoms with Crippen LogP contribution < -0.4 is 0 Å². The predicted molar refractivity (Wildman–Crippen MR) is 260 cm³/mol. The normalized spacial score (nSPS) is 23.6. The molecule has 3 unspecified atom stereocenters. The number of halogens is 10. The van der Waals surface area contributed by atoms with Crippen molar-refractivity contribution < 1.29 is 0 Å². The Bertz CT molecular complexity index is 1510. The summed E-state index contributed by atoms with van der Waals surface area (Å²) in [5, 5.41) is 7.80. The molecule has 0 radical (unpaired) electrons. The molecule has 53 heavy (non-hydrogen) atoms. The minimum absolute atomic E-state index is 0.448. The second kappa shape index (κ2) is 28.0. The van der Waals surface area contributed by atoms with E-state index < -0.39 is 60.8 Å². The highest BCUT2D eigenvalue weighted by atomic mass is 35.9. The van der Waals surface area contributed by atoms with Crippen molar-refractivity contribution >= 4 is 173 Å². The Morgan fingerprint density at radius 2 is 0.792 bits per heavy atom. The van der Waals surface area contributed by atoms with Crippen LogP contribution in [0.1, 0.15) is 41.5 Å². The van der Waals surface area contributed by atoms with Crippen LogP contribution >= 0.6 is 173 Å². The maximum Gasteiger partial charge on any atom is 0.302 e. The Balaban J connectivity index is -0.000000367. The molecule has 322 valence electrons. The molecule has 2 rings (SSSR count). The van der Waals surface area contributed by atoms with Gasteiger partial charge in [-0.25, -0.2) is 5.53 Å². The third-order valence-electron chi connectivity index (χ3n) is 4.97. The van der Waals surface area contributed by atoms with Crippen LogP contribution in [0.2, 0.25) is 0 Å². The lowest BCUT2D eigenvalue weighted by molar-refractivity contribution is 0.475. The van der Waals surface area contributed by atoms with Crippen molar-refractivity contribution in [2.75, 3.05) is 77.1 Å². The molecule has 36 heteroatoms. The topological polar surface area (TPSA) is 188 Å². The van der Waals surface area contributed by atoms with Crippen LogP contribution in [0.5, 0.6) is 0 Å². The largest absolute Gasteiger partial charge is 0.302 e. The van der Waals surface area contributed by atoms with Gasteiger partial charge >= 0.3 is 6.71 Å². The molecule has 3 atom stereocenters. The van der Waals surface area contributed by atoms with Gasteiger partial charge < -0.3 is 0 Å². The number of nitrogens with one attached hydrogen (secondary N) is 2. The summed E-state index contributed by atoms with van der Waals surface area (Å²) in [5.74, 6) is -12.0. The molecular formula is C17H54Cl10N17P9. The molecule has 0 spiro atoms. The Labute approximate surface area is 368 Å². The van der Waals surface area contributed by atoms with E-state index in [1.165, 1.54) is 0 Å². The smallest absolute Gasteiger partial charge is 0.290 e. The van der Waals surface area contributed by atoms with Gasteiger partial charge in [0, 0.05) is 0 Å². The lowest BCUT2D eigenvalue weighted by atomic mass is 11.0. The molecule has 2 heterocycles. The number of hydrogen-bond donors (Lipinski definition) is 2. The second-order valence-corrected chi connectivity index (χ2v) is 44.0. The summed E-state index contributed by atoms with van der Waals surface area (Å²) in [6.45, 7) is 7.39. The van der Waals surface area contributed by atoms with E-state index in [4.69, 9.17) is 128 Å². The van der Waals surface area contributed by atoms with E-state index in [0.717, 1.165) is 0 Å². The first-order valence-electron chi connectivity index (χ1n) is 14.7. The van der Waals surface area contributed by atoms with Crippen molar-refractivity contribution in [3.63, 3.8) is 0 Å². The average Bonchev–Trinajstić information content (AvgIpc) is 2.95.